The Morgan fingerprint density at radius 3 is 2.52 bits per heavy atom. The van der Waals surface area contributed by atoms with Gasteiger partial charge in [-0.05, 0) is 73.0 Å². The number of hydrogen-bond acceptors (Lipinski definition) is 4. The van der Waals surface area contributed by atoms with Crippen LogP contribution in [0, 0.1) is 18.3 Å². The molecular weight excluding hydrogens is 504 g/mol. The number of benzene rings is 3. The number of nitrogens with zero attached hydrogens (tertiary/aromatic N) is 1. The van der Waals surface area contributed by atoms with Gasteiger partial charge in [0.25, 0.3) is 5.91 Å². The Bertz CT molecular complexity index is 1220. The van der Waals surface area contributed by atoms with Gasteiger partial charge in [0.15, 0.2) is 11.5 Å². The minimum atomic E-state index is -0.490. The highest BCUT2D eigenvalue weighted by Crippen LogP contribution is 2.35. The highest BCUT2D eigenvalue weighted by Gasteiger charge is 2.14. The van der Waals surface area contributed by atoms with Crippen molar-refractivity contribution in [3.05, 3.63) is 92.4 Å². The number of rotatable bonds is 8. The van der Waals surface area contributed by atoms with Crippen molar-refractivity contribution < 1.29 is 14.3 Å². The van der Waals surface area contributed by atoms with E-state index < -0.39 is 5.91 Å². The van der Waals surface area contributed by atoms with Crippen LogP contribution in [0.15, 0.2) is 70.7 Å². The number of hydrogen-bond donors (Lipinski definition) is 1. The van der Waals surface area contributed by atoms with Gasteiger partial charge in [-0.3, -0.25) is 4.79 Å². The number of nitrogens with one attached hydrogen (secondary N) is 1. The molecule has 1 N–H and O–H groups in total. The summed E-state index contributed by atoms with van der Waals surface area (Å²) in [5.74, 6) is 0.562. The number of carbonyl (C=O) groups excluding carboxylic acids is 1. The van der Waals surface area contributed by atoms with E-state index in [4.69, 9.17) is 21.1 Å². The van der Waals surface area contributed by atoms with E-state index in [0.29, 0.717) is 45.5 Å². The number of carbonyl (C=O) groups is 1. The van der Waals surface area contributed by atoms with E-state index in [1.54, 1.807) is 30.3 Å². The van der Waals surface area contributed by atoms with Crippen molar-refractivity contribution in [1.82, 2.24) is 0 Å². The normalized spacial score (nSPS) is 10.9. The summed E-state index contributed by atoms with van der Waals surface area (Å²) in [5, 5.41) is 13.0. The molecule has 0 saturated carbocycles. The summed E-state index contributed by atoms with van der Waals surface area (Å²) in [7, 11) is 0. The first-order chi connectivity index (χ1) is 15.9. The lowest BCUT2D eigenvalue weighted by molar-refractivity contribution is -0.112. The number of amides is 1. The molecule has 0 aromatic heterocycles. The van der Waals surface area contributed by atoms with Crippen molar-refractivity contribution in [1.29, 1.82) is 5.26 Å². The van der Waals surface area contributed by atoms with Crippen molar-refractivity contribution in [3.63, 3.8) is 0 Å². The van der Waals surface area contributed by atoms with Crippen molar-refractivity contribution in [3.8, 4) is 17.6 Å². The van der Waals surface area contributed by atoms with Gasteiger partial charge in [-0.1, -0.05) is 51.8 Å². The van der Waals surface area contributed by atoms with Crippen LogP contribution in [0.4, 0.5) is 5.69 Å². The third-order valence-corrected chi connectivity index (χ3v) is 5.55. The Morgan fingerprint density at radius 2 is 1.85 bits per heavy atom. The predicted molar refractivity (Wildman–Crippen MR) is 134 cm³/mol. The van der Waals surface area contributed by atoms with E-state index in [0.717, 1.165) is 11.1 Å². The molecule has 7 heteroatoms. The fourth-order valence-corrected chi connectivity index (χ4v) is 3.57. The second-order valence-corrected chi connectivity index (χ2v) is 8.45. The lowest BCUT2D eigenvalue weighted by Crippen LogP contribution is -2.13. The lowest BCUT2D eigenvalue weighted by atomic mass is 10.1. The molecule has 0 saturated heterocycles. The molecule has 0 aliphatic heterocycles. The largest absolute Gasteiger partial charge is 0.490 e. The van der Waals surface area contributed by atoms with Crippen LogP contribution < -0.4 is 14.8 Å². The number of anilines is 1. The van der Waals surface area contributed by atoms with E-state index in [2.05, 4.69) is 21.2 Å². The average Bonchev–Trinajstić information content (AvgIpc) is 2.79. The standard InChI is InChI=1S/C26H22BrClN2O3/c1-3-32-24-13-19(12-20(15-29)26(31)30-22-6-4-5-17(2)11-22)23(27)14-25(24)33-16-18-7-9-21(28)10-8-18/h4-14H,3,16H2,1-2H3,(H,30,31)/b20-12+. The SMILES string of the molecule is CCOc1cc(/C=C(\C#N)C(=O)Nc2cccc(C)c2)c(Br)cc1OCc1ccc(Cl)cc1. The predicted octanol–water partition coefficient (Wildman–Crippen LogP) is 6.93. The maximum absolute atomic E-state index is 12.6. The Kier molecular flexibility index (Phi) is 8.53. The zero-order valence-electron chi connectivity index (χ0n) is 18.2. The summed E-state index contributed by atoms with van der Waals surface area (Å²) in [6, 6.07) is 20.2. The van der Waals surface area contributed by atoms with Crippen molar-refractivity contribution >= 4 is 45.2 Å². The molecule has 3 aromatic carbocycles. The van der Waals surface area contributed by atoms with Crippen molar-refractivity contribution in [2.45, 2.75) is 20.5 Å². The summed E-state index contributed by atoms with van der Waals surface area (Å²) in [6.45, 7) is 4.57. The molecule has 0 spiro atoms. The molecule has 0 atom stereocenters. The summed E-state index contributed by atoms with van der Waals surface area (Å²) in [5.41, 5.74) is 3.18. The highest BCUT2D eigenvalue weighted by atomic mass is 79.9. The number of nitriles is 1. The first-order valence-corrected chi connectivity index (χ1v) is 11.4. The summed E-state index contributed by atoms with van der Waals surface area (Å²) < 4.78 is 12.4. The van der Waals surface area contributed by atoms with E-state index >= 15 is 0 Å². The lowest BCUT2D eigenvalue weighted by Gasteiger charge is -2.14. The van der Waals surface area contributed by atoms with Crippen LogP contribution in [0.5, 0.6) is 11.5 Å². The van der Waals surface area contributed by atoms with E-state index in [9.17, 15) is 10.1 Å². The van der Waals surface area contributed by atoms with Gasteiger partial charge in [0, 0.05) is 15.2 Å². The van der Waals surface area contributed by atoms with Crippen LogP contribution in [-0.4, -0.2) is 12.5 Å². The molecule has 1 amide bonds. The van der Waals surface area contributed by atoms with E-state index in [1.165, 1.54) is 6.08 Å². The van der Waals surface area contributed by atoms with Crippen LogP contribution in [0.2, 0.25) is 5.02 Å². The minimum Gasteiger partial charge on any atom is -0.490 e. The monoisotopic (exact) mass is 524 g/mol. The first-order valence-electron chi connectivity index (χ1n) is 10.2. The second kappa shape index (κ2) is 11.6. The van der Waals surface area contributed by atoms with Gasteiger partial charge < -0.3 is 14.8 Å². The Morgan fingerprint density at radius 1 is 1.12 bits per heavy atom. The molecule has 0 fully saturated rings. The molecule has 0 radical (unpaired) electrons. The molecule has 33 heavy (non-hydrogen) atoms. The third kappa shape index (κ3) is 6.85. The zero-order chi connectivity index (χ0) is 23.8. The third-order valence-electron chi connectivity index (χ3n) is 4.61. The smallest absolute Gasteiger partial charge is 0.266 e. The van der Waals surface area contributed by atoms with Gasteiger partial charge in [0.2, 0.25) is 0 Å². The zero-order valence-corrected chi connectivity index (χ0v) is 20.5. The summed E-state index contributed by atoms with van der Waals surface area (Å²) in [6.07, 6.45) is 1.51. The van der Waals surface area contributed by atoms with Gasteiger partial charge in [-0.2, -0.15) is 5.26 Å². The van der Waals surface area contributed by atoms with Crippen LogP contribution in [0.1, 0.15) is 23.6 Å². The average molecular weight is 526 g/mol. The molecular formula is C26H22BrClN2O3. The molecule has 168 valence electrons. The molecule has 3 aromatic rings. The molecule has 3 rings (SSSR count). The quantitative estimate of drug-likeness (QED) is 0.256. The molecule has 0 bridgehead atoms. The number of aryl methyl sites for hydroxylation is 1. The van der Waals surface area contributed by atoms with Crippen LogP contribution in [0.3, 0.4) is 0 Å². The molecule has 0 unspecified atom stereocenters. The Labute approximate surface area is 206 Å². The molecule has 5 nitrogen and oxygen atoms in total. The summed E-state index contributed by atoms with van der Waals surface area (Å²) >= 11 is 9.45. The number of halogens is 2. The van der Waals surface area contributed by atoms with Gasteiger partial charge in [-0.25, -0.2) is 0 Å². The number of ether oxygens (including phenoxy) is 2. The summed E-state index contributed by atoms with van der Waals surface area (Å²) in [4.78, 5) is 12.6. The van der Waals surface area contributed by atoms with Gasteiger partial charge in [0.1, 0.15) is 18.2 Å². The first kappa shape index (κ1) is 24.4. The Hall–Kier alpha value is -3.27. The van der Waals surface area contributed by atoms with E-state index in [-0.39, 0.29) is 5.57 Å². The van der Waals surface area contributed by atoms with Crippen LogP contribution >= 0.6 is 27.5 Å². The van der Waals surface area contributed by atoms with Gasteiger partial charge in [-0.15, -0.1) is 0 Å². The van der Waals surface area contributed by atoms with Crippen molar-refractivity contribution in [2.24, 2.45) is 0 Å². The fraction of sp³-hybridized carbons (Fsp3) is 0.154. The maximum Gasteiger partial charge on any atom is 0.266 e. The van der Waals surface area contributed by atoms with Crippen LogP contribution in [-0.2, 0) is 11.4 Å². The van der Waals surface area contributed by atoms with Crippen molar-refractivity contribution in [2.75, 3.05) is 11.9 Å². The van der Waals surface area contributed by atoms with Gasteiger partial charge >= 0.3 is 0 Å². The molecule has 0 heterocycles. The molecule has 0 aliphatic rings. The molecule has 0 aliphatic carbocycles. The topological polar surface area (TPSA) is 71.3 Å². The fourth-order valence-electron chi connectivity index (χ4n) is 3.01. The highest BCUT2D eigenvalue weighted by molar-refractivity contribution is 9.10. The van der Waals surface area contributed by atoms with E-state index in [1.807, 2.05) is 50.2 Å². The second-order valence-electron chi connectivity index (χ2n) is 7.16. The Balaban J connectivity index is 1.84. The maximum atomic E-state index is 12.6. The minimum absolute atomic E-state index is 0.0329. The van der Waals surface area contributed by atoms with Crippen LogP contribution in [0.25, 0.3) is 6.08 Å². The van der Waals surface area contributed by atoms with Gasteiger partial charge in [0.05, 0.1) is 6.61 Å².